The smallest absolute Gasteiger partial charge is 0.339 e. The lowest BCUT2D eigenvalue weighted by molar-refractivity contribution is -0.384. The summed E-state index contributed by atoms with van der Waals surface area (Å²) in [6.07, 6.45) is 2.00. The van der Waals surface area contributed by atoms with Gasteiger partial charge in [-0.05, 0) is 80.3 Å². The van der Waals surface area contributed by atoms with E-state index < -0.39 is 10.5 Å². The predicted octanol–water partition coefficient (Wildman–Crippen LogP) is 7.71. The highest BCUT2D eigenvalue weighted by Crippen LogP contribution is 2.27. The van der Waals surface area contributed by atoms with Crippen LogP contribution < -0.4 is 5.32 Å². The number of esters is 1. The van der Waals surface area contributed by atoms with Gasteiger partial charge in [-0.15, -0.1) is 0 Å². The van der Waals surface area contributed by atoms with Crippen LogP contribution in [-0.2, 0) is 11.3 Å². The fourth-order valence-corrected chi connectivity index (χ4v) is 4.96. The molecule has 0 aliphatic heterocycles. The third-order valence-corrected chi connectivity index (χ3v) is 7.15. The highest BCUT2D eigenvalue weighted by atomic mass is 16.6. The largest absolute Gasteiger partial charge is 0.456 e. The average molecular weight is 576 g/mol. The summed E-state index contributed by atoms with van der Waals surface area (Å²) in [4.78, 5) is 36.2. The number of fused-ring (bicyclic) bond motifs is 1. The van der Waals surface area contributed by atoms with Crippen molar-refractivity contribution in [3.63, 3.8) is 0 Å². The molecule has 4 aromatic carbocycles. The third-order valence-electron chi connectivity index (χ3n) is 7.15. The van der Waals surface area contributed by atoms with Gasteiger partial charge >= 0.3 is 5.97 Å². The summed E-state index contributed by atoms with van der Waals surface area (Å²) in [6, 6.07) is 29.0. The topological polar surface area (TPSA) is 103 Å². The summed E-state index contributed by atoms with van der Waals surface area (Å²) < 4.78 is 7.73. The number of nitrogens with one attached hydrogen (secondary N) is 1. The Morgan fingerprint density at radius 3 is 2.30 bits per heavy atom. The van der Waals surface area contributed by atoms with Gasteiger partial charge < -0.3 is 14.6 Å². The average Bonchev–Trinajstić information content (AvgIpc) is 3.38. The van der Waals surface area contributed by atoms with Crippen molar-refractivity contribution < 1.29 is 19.2 Å². The fourth-order valence-electron chi connectivity index (χ4n) is 4.96. The number of nitro benzene ring substituents is 1. The van der Waals surface area contributed by atoms with Gasteiger partial charge in [0.1, 0.15) is 5.60 Å². The quantitative estimate of drug-likeness (QED) is 0.116. The van der Waals surface area contributed by atoms with Crippen molar-refractivity contribution in [1.29, 1.82) is 0 Å². The van der Waals surface area contributed by atoms with Gasteiger partial charge in [-0.1, -0.05) is 54.6 Å². The minimum atomic E-state index is -0.577. The Kier molecular flexibility index (Phi) is 8.12. The maximum Gasteiger partial charge on any atom is 0.339 e. The van der Waals surface area contributed by atoms with Crippen LogP contribution in [0.5, 0.6) is 0 Å². The number of rotatable bonds is 8. The molecule has 5 rings (SSSR count). The summed E-state index contributed by atoms with van der Waals surface area (Å²) in [6.45, 7) is 8.05. The normalized spacial score (nSPS) is 12.1. The molecule has 1 unspecified atom stereocenters. The summed E-state index contributed by atoms with van der Waals surface area (Å²) in [5.41, 5.74) is 5.13. The zero-order chi connectivity index (χ0) is 30.7. The second-order valence-electron chi connectivity index (χ2n) is 11.5. The second-order valence-corrected chi connectivity index (χ2v) is 11.5. The molecule has 0 aliphatic rings. The first-order chi connectivity index (χ1) is 20.5. The van der Waals surface area contributed by atoms with Crippen LogP contribution in [0, 0.1) is 10.1 Å². The number of ether oxygens (including phenoxy) is 1. The number of carbonyl (C=O) groups excluding carboxylic acids is 2. The van der Waals surface area contributed by atoms with Gasteiger partial charge in [0.25, 0.3) is 11.6 Å². The molecular weight excluding hydrogens is 542 g/mol. The van der Waals surface area contributed by atoms with E-state index >= 15 is 0 Å². The highest BCUT2D eigenvalue weighted by molar-refractivity contribution is 5.99. The number of nitrogens with zero attached hydrogens (tertiary/aromatic N) is 2. The van der Waals surface area contributed by atoms with Crippen LogP contribution in [0.2, 0.25) is 0 Å². The summed E-state index contributed by atoms with van der Waals surface area (Å²) in [7, 11) is 0. The van der Waals surface area contributed by atoms with Crippen molar-refractivity contribution in [2.75, 3.05) is 0 Å². The molecule has 1 amide bonds. The van der Waals surface area contributed by atoms with E-state index in [4.69, 9.17) is 4.74 Å². The molecule has 0 fully saturated rings. The zero-order valence-corrected chi connectivity index (χ0v) is 24.5. The molecule has 0 radical (unpaired) electrons. The van der Waals surface area contributed by atoms with Crippen molar-refractivity contribution in [2.45, 2.75) is 45.9 Å². The Hall–Kier alpha value is -5.24. The number of benzene rings is 4. The van der Waals surface area contributed by atoms with E-state index in [9.17, 15) is 19.7 Å². The number of amides is 1. The lowest BCUT2D eigenvalue weighted by atomic mass is 9.98. The summed E-state index contributed by atoms with van der Waals surface area (Å²) >= 11 is 0. The summed E-state index contributed by atoms with van der Waals surface area (Å²) in [5.74, 6) is -0.567. The van der Waals surface area contributed by atoms with Crippen molar-refractivity contribution >= 4 is 28.5 Å². The second kappa shape index (κ2) is 11.9. The van der Waals surface area contributed by atoms with Gasteiger partial charge in [0.2, 0.25) is 0 Å². The maximum atomic E-state index is 13.0. The molecule has 8 nitrogen and oxygen atoms in total. The van der Waals surface area contributed by atoms with Crippen LogP contribution in [0.15, 0.2) is 103 Å². The lowest BCUT2D eigenvalue weighted by Crippen LogP contribution is -2.26. The molecule has 1 aromatic heterocycles. The molecule has 0 saturated heterocycles. The van der Waals surface area contributed by atoms with Crippen LogP contribution in [0.25, 0.3) is 22.0 Å². The number of carbonyl (C=O) groups is 2. The van der Waals surface area contributed by atoms with Gasteiger partial charge in [0.15, 0.2) is 0 Å². The van der Waals surface area contributed by atoms with E-state index in [2.05, 4.69) is 22.0 Å². The van der Waals surface area contributed by atoms with Gasteiger partial charge in [-0.2, -0.15) is 0 Å². The van der Waals surface area contributed by atoms with E-state index in [1.54, 1.807) is 24.3 Å². The van der Waals surface area contributed by atoms with Crippen molar-refractivity contribution in [3.8, 4) is 11.1 Å². The monoisotopic (exact) mass is 575 g/mol. The van der Waals surface area contributed by atoms with Crippen LogP contribution >= 0.6 is 0 Å². The first-order valence-corrected chi connectivity index (χ1v) is 14.0. The number of hydrogen-bond donors (Lipinski definition) is 1. The number of aromatic nitrogens is 1. The Morgan fingerprint density at radius 1 is 0.930 bits per heavy atom. The molecule has 5 aromatic rings. The molecule has 0 aliphatic carbocycles. The molecule has 0 saturated carbocycles. The van der Waals surface area contributed by atoms with Crippen molar-refractivity contribution in [2.24, 2.45) is 0 Å². The number of nitro groups is 1. The number of hydrogen-bond acceptors (Lipinski definition) is 5. The van der Waals surface area contributed by atoms with Gasteiger partial charge in [-0.25, -0.2) is 4.79 Å². The standard InChI is InChI=1S/C35H33N3O5/c1-23(25-13-16-29(17-14-25)38(41)42)36-33(39)28-15-18-32-27(21-28)19-20-37(32)22-24-9-11-26(12-10-24)30-7-5-6-8-31(30)34(40)43-35(2,3)4/h5-21,23H,22H2,1-4H3,(H,36,39). The number of non-ortho nitro benzene ring substituents is 1. The molecule has 1 heterocycles. The van der Waals surface area contributed by atoms with Crippen LogP contribution in [0.3, 0.4) is 0 Å². The highest BCUT2D eigenvalue weighted by Gasteiger charge is 2.21. The minimum absolute atomic E-state index is 0.0108. The van der Waals surface area contributed by atoms with E-state index in [0.29, 0.717) is 17.7 Å². The molecule has 1 N–H and O–H groups in total. The Balaban J connectivity index is 1.28. The first-order valence-electron chi connectivity index (χ1n) is 14.0. The van der Waals surface area contributed by atoms with E-state index in [-0.39, 0.29) is 23.6 Å². The maximum absolute atomic E-state index is 13.0. The van der Waals surface area contributed by atoms with Crippen LogP contribution in [-0.4, -0.2) is 27.0 Å². The zero-order valence-electron chi connectivity index (χ0n) is 24.5. The summed E-state index contributed by atoms with van der Waals surface area (Å²) in [5, 5.41) is 14.8. The Labute approximate surface area is 250 Å². The lowest BCUT2D eigenvalue weighted by Gasteiger charge is -2.20. The molecular formula is C35H33N3O5. The third kappa shape index (κ3) is 6.81. The molecule has 1 atom stereocenters. The predicted molar refractivity (Wildman–Crippen MR) is 167 cm³/mol. The molecule has 8 heteroatoms. The van der Waals surface area contributed by atoms with Crippen LogP contribution in [0.1, 0.15) is 65.6 Å². The van der Waals surface area contributed by atoms with E-state index in [1.807, 2.05) is 82.4 Å². The Bertz CT molecular complexity index is 1800. The van der Waals surface area contributed by atoms with E-state index in [0.717, 1.165) is 33.2 Å². The fraction of sp³-hybridized carbons (Fsp3) is 0.200. The van der Waals surface area contributed by atoms with Crippen molar-refractivity contribution in [1.82, 2.24) is 9.88 Å². The molecule has 0 bridgehead atoms. The molecule has 218 valence electrons. The van der Waals surface area contributed by atoms with Gasteiger partial charge in [0, 0.05) is 41.3 Å². The van der Waals surface area contributed by atoms with Crippen LogP contribution in [0.4, 0.5) is 5.69 Å². The van der Waals surface area contributed by atoms with E-state index in [1.165, 1.54) is 12.1 Å². The SMILES string of the molecule is CC(NC(=O)c1ccc2c(ccn2Cc2ccc(-c3ccccc3C(=O)OC(C)(C)C)cc2)c1)c1ccc([N+](=O)[O-])cc1. The first kappa shape index (κ1) is 29.3. The van der Waals surface area contributed by atoms with Gasteiger partial charge in [0.05, 0.1) is 16.5 Å². The van der Waals surface area contributed by atoms with Gasteiger partial charge in [-0.3, -0.25) is 14.9 Å². The Morgan fingerprint density at radius 2 is 1.63 bits per heavy atom. The minimum Gasteiger partial charge on any atom is -0.456 e. The van der Waals surface area contributed by atoms with Crippen molar-refractivity contribution in [3.05, 3.63) is 136 Å². The molecule has 43 heavy (non-hydrogen) atoms. The molecule has 0 spiro atoms.